The number of nitrogens with one attached hydrogen (secondary N) is 2. The molecule has 0 fully saturated rings. The normalized spacial score (nSPS) is 12.9. The van der Waals surface area contributed by atoms with Gasteiger partial charge in [0, 0.05) is 35.8 Å². The number of aromatic nitrogens is 2. The predicted octanol–water partition coefficient (Wildman–Crippen LogP) is 8.71. The van der Waals surface area contributed by atoms with E-state index < -0.39 is 0 Å². The van der Waals surface area contributed by atoms with Gasteiger partial charge in [-0.25, -0.2) is 9.97 Å². The van der Waals surface area contributed by atoms with E-state index in [1.54, 1.807) is 0 Å². The molecule has 0 atom stereocenters. The highest BCUT2D eigenvalue weighted by Crippen LogP contribution is 2.31. The number of nitrogens with zero attached hydrogens (tertiary/aromatic N) is 3. The average molecular weight is 540 g/mol. The fourth-order valence-corrected chi connectivity index (χ4v) is 5.50. The van der Waals surface area contributed by atoms with E-state index in [-0.39, 0.29) is 0 Å². The Morgan fingerprint density at radius 3 is 2.15 bits per heavy atom. The fraction of sp³-hybridized carbons (Fsp3) is 0.514. The summed E-state index contributed by atoms with van der Waals surface area (Å²) in [5.74, 6) is 2.35. The molecular formula is C35H49N5. The van der Waals surface area contributed by atoms with Crippen molar-refractivity contribution in [3.8, 4) is 11.3 Å². The second-order valence-electron chi connectivity index (χ2n) is 11.2. The molecule has 2 aromatic carbocycles. The Hall–Kier alpha value is -3.21. The molecule has 3 aromatic rings. The minimum absolute atomic E-state index is 0.510. The van der Waals surface area contributed by atoms with Crippen molar-refractivity contribution in [2.24, 2.45) is 4.99 Å². The summed E-state index contributed by atoms with van der Waals surface area (Å²) in [4.78, 5) is 14.8. The third kappa shape index (κ3) is 9.76. The molecule has 2 N–H and O–H groups in total. The smallest absolute Gasteiger partial charge is 0.195 e. The van der Waals surface area contributed by atoms with Crippen molar-refractivity contribution in [2.45, 2.75) is 103 Å². The second kappa shape index (κ2) is 16.8. The molecule has 5 nitrogen and oxygen atoms in total. The lowest BCUT2D eigenvalue weighted by atomic mass is 9.90. The molecule has 0 unspecified atom stereocenters. The van der Waals surface area contributed by atoms with Crippen LogP contribution in [0.2, 0.25) is 0 Å². The summed E-state index contributed by atoms with van der Waals surface area (Å²) >= 11 is 0. The maximum absolute atomic E-state index is 5.23. The first-order valence-electron chi connectivity index (χ1n) is 15.8. The fourth-order valence-electron chi connectivity index (χ4n) is 5.50. The van der Waals surface area contributed by atoms with Crippen molar-refractivity contribution in [1.29, 1.82) is 0 Å². The minimum atomic E-state index is 0.510. The average Bonchev–Trinajstić information content (AvgIpc) is 3.50. The van der Waals surface area contributed by atoms with Crippen molar-refractivity contribution >= 4 is 11.6 Å². The third-order valence-corrected chi connectivity index (χ3v) is 7.85. The van der Waals surface area contributed by atoms with E-state index in [0.717, 1.165) is 61.1 Å². The highest BCUT2D eigenvalue weighted by atomic mass is 15.2. The molecule has 5 heteroatoms. The number of benzene rings is 2. The van der Waals surface area contributed by atoms with Crippen LogP contribution < -0.4 is 10.6 Å². The van der Waals surface area contributed by atoms with Crippen molar-refractivity contribution in [1.82, 2.24) is 15.3 Å². The van der Waals surface area contributed by atoms with Crippen molar-refractivity contribution < 1.29 is 0 Å². The van der Waals surface area contributed by atoms with Crippen LogP contribution in [-0.2, 0) is 12.8 Å². The highest BCUT2D eigenvalue weighted by molar-refractivity contribution is 5.94. The molecule has 0 radical (unpaired) electrons. The van der Waals surface area contributed by atoms with Gasteiger partial charge in [-0.2, -0.15) is 0 Å². The van der Waals surface area contributed by atoms with Gasteiger partial charge in [-0.3, -0.25) is 4.99 Å². The predicted molar refractivity (Wildman–Crippen MR) is 170 cm³/mol. The molecule has 1 aliphatic rings. The van der Waals surface area contributed by atoms with Crippen molar-refractivity contribution in [3.63, 3.8) is 0 Å². The Kier molecular flexibility index (Phi) is 12.5. The number of unbranched alkanes of at least 4 members (excludes halogenated alkanes) is 6. The summed E-state index contributed by atoms with van der Waals surface area (Å²) < 4.78 is 0. The van der Waals surface area contributed by atoms with E-state index in [1.807, 2.05) is 0 Å². The molecule has 0 amide bonds. The number of hydrogen-bond donors (Lipinski definition) is 2. The lowest BCUT2D eigenvalue weighted by Crippen LogP contribution is -2.26. The first-order valence-corrected chi connectivity index (χ1v) is 15.8. The van der Waals surface area contributed by atoms with E-state index in [1.165, 1.54) is 75.5 Å². The first kappa shape index (κ1) is 29.8. The SMILES string of the molecule is CCCCCCC(CCCCCC)c1cc(-c2ccc(NC3=NCCN3)cc2)nc(CCCc2ccccc2)n1. The van der Waals surface area contributed by atoms with Gasteiger partial charge >= 0.3 is 0 Å². The highest BCUT2D eigenvalue weighted by Gasteiger charge is 2.17. The zero-order valence-corrected chi connectivity index (χ0v) is 24.8. The molecule has 4 rings (SSSR count). The monoisotopic (exact) mass is 539 g/mol. The van der Waals surface area contributed by atoms with E-state index in [9.17, 15) is 0 Å². The summed E-state index contributed by atoms with van der Waals surface area (Å²) in [6, 6.07) is 21.7. The summed E-state index contributed by atoms with van der Waals surface area (Å²) in [6.07, 6.45) is 15.9. The topological polar surface area (TPSA) is 62.2 Å². The Bertz CT molecular complexity index is 1140. The molecule has 0 aliphatic carbocycles. The van der Waals surface area contributed by atoms with E-state index in [0.29, 0.717) is 5.92 Å². The van der Waals surface area contributed by atoms with Gasteiger partial charge in [0.25, 0.3) is 0 Å². The van der Waals surface area contributed by atoms with Crippen LogP contribution in [0.1, 0.15) is 107 Å². The van der Waals surface area contributed by atoms with E-state index in [2.05, 4.69) is 90.1 Å². The van der Waals surface area contributed by atoms with Gasteiger partial charge in [0.15, 0.2) is 5.96 Å². The van der Waals surface area contributed by atoms with E-state index >= 15 is 0 Å². The van der Waals surface area contributed by atoms with Gasteiger partial charge in [-0.05, 0) is 49.4 Å². The van der Waals surface area contributed by atoms with Crippen LogP contribution in [0.25, 0.3) is 11.3 Å². The van der Waals surface area contributed by atoms with Crippen LogP contribution in [0.15, 0.2) is 65.7 Å². The number of anilines is 1. The molecular weight excluding hydrogens is 490 g/mol. The molecule has 1 aliphatic heterocycles. The molecule has 2 heterocycles. The first-order chi connectivity index (χ1) is 19.7. The van der Waals surface area contributed by atoms with Gasteiger partial charge in [0.1, 0.15) is 5.82 Å². The third-order valence-electron chi connectivity index (χ3n) is 7.85. The molecule has 0 saturated carbocycles. The second-order valence-corrected chi connectivity index (χ2v) is 11.2. The maximum Gasteiger partial charge on any atom is 0.195 e. The zero-order chi connectivity index (χ0) is 27.8. The maximum atomic E-state index is 5.23. The van der Waals surface area contributed by atoms with Gasteiger partial charge in [0.2, 0.25) is 0 Å². The van der Waals surface area contributed by atoms with Crippen LogP contribution in [0.3, 0.4) is 0 Å². The van der Waals surface area contributed by atoms with Crippen LogP contribution >= 0.6 is 0 Å². The van der Waals surface area contributed by atoms with Crippen LogP contribution in [0.5, 0.6) is 0 Å². The van der Waals surface area contributed by atoms with Gasteiger partial charge in [0.05, 0.1) is 12.2 Å². The number of rotatable bonds is 17. The Morgan fingerprint density at radius 2 is 1.50 bits per heavy atom. The number of guanidine groups is 1. The number of hydrogen-bond acceptors (Lipinski definition) is 5. The Labute approximate surface area is 242 Å². The number of aliphatic imine (C=N–C) groups is 1. The molecule has 40 heavy (non-hydrogen) atoms. The van der Waals surface area contributed by atoms with Gasteiger partial charge < -0.3 is 10.6 Å². The minimum Gasteiger partial charge on any atom is -0.354 e. The number of aryl methyl sites for hydroxylation is 2. The Balaban J connectivity index is 1.54. The molecule has 0 bridgehead atoms. The van der Waals surface area contributed by atoms with Crippen LogP contribution in [-0.4, -0.2) is 29.0 Å². The van der Waals surface area contributed by atoms with Crippen molar-refractivity contribution in [3.05, 3.63) is 77.7 Å². The van der Waals surface area contributed by atoms with Crippen molar-refractivity contribution in [2.75, 3.05) is 18.4 Å². The summed E-state index contributed by atoms with van der Waals surface area (Å²) in [5, 5.41) is 6.65. The molecule has 1 aromatic heterocycles. The molecule has 0 spiro atoms. The quantitative estimate of drug-likeness (QED) is 0.168. The lowest BCUT2D eigenvalue weighted by molar-refractivity contribution is 0.486. The largest absolute Gasteiger partial charge is 0.354 e. The van der Waals surface area contributed by atoms with E-state index in [4.69, 9.17) is 9.97 Å². The summed E-state index contributed by atoms with van der Waals surface area (Å²) in [7, 11) is 0. The van der Waals surface area contributed by atoms with Crippen LogP contribution in [0, 0.1) is 0 Å². The van der Waals surface area contributed by atoms with Gasteiger partial charge in [-0.15, -0.1) is 0 Å². The van der Waals surface area contributed by atoms with Gasteiger partial charge in [-0.1, -0.05) is 108 Å². The Morgan fingerprint density at radius 1 is 0.775 bits per heavy atom. The molecule has 214 valence electrons. The standard InChI is InChI=1S/C35H49N5/c1-3-5-7-12-18-29(19-13-8-6-4-2)32-27-33(30-21-23-31(24-22-30)38-35-36-25-26-37-35)40-34(39-32)20-14-17-28-15-10-9-11-16-28/h9-11,15-16,21-24,27,29H,3-8,12-14,17-20,25-26H2,1-2H3,(H2,36,37,38). The van der Waals surface area contributed by atoms with Crippen LogP contribution in [0.4, 0.5) is 5.69 Å². The lowest BCUT2D eigenvalue weighted by Gasteiger charge is -2.19. The summed E-state index contributed by atoms with van der Waals surface area (Å²) in [5.41, 5.74) is 5.87. The summed E-state index contributed by atoms with van der Waals surface area (Å²) in [6.45, 7) is 6.31. The molecule has 0 saturated heterocycles. The zero-order valence-electron chi connectivity index (χ0n) is 24.8.